The summed E-state index contributed by atoms with van der Waals surface area (Å²) in [6, 6.07) is 0. The monoisotopic (exact) mass is 210 g/mol. The number of hydrogen-bond donors (Lipinski definition) is 1. The molecule has 0 aliphatic carbocycles. The second kappa shape index (κ2) is 4.98. The molecule has 0 aromatic rings. The average molecular weight is 210 g/mol. The zero-order valence-corrected chi connectivity index (χ0v) is 8.40. The molecule has 1 unspecified atom stereocenters. The van der Waals surface area contributed by atoms with Crippen LogP contribution in [0.5, 0.6) is 0 Å². The summed E-state index contributed by atoms with van der Waals surface area (Å²) >= 11 is 0. The number of rotatable bonds is 3. The van der Waals surface area contributed by atoms with Crippen molar-refractivity contribution >= 4 is 0 Å². The summed E-state index contributed by atoms with van der Waals surface area (Å²) in [7, 11) is 0. The lowest BCUT2D eigenvalue weighted by Crippen LogP contribution is -2.44. The zero-order valence-electron chi connectivity index (χ0n) is 8.40. The van der Waals surface area contributed by atoms with E-state index in [1.807, 2.05) is 0 Å². The standard InChI is InChI=1S/C9H17F3N2/c1-2-14(9(10,11)12)7-8-4-3-5-13-6-8/h8,13H,2-7H2,1H3. The average Bonchev–Trinajstić information content (AvgIpc) is 2.14. The van der Waals surface area contributed by atoms with E-state index in [1.54, 1.807) is 6.92 Å². The minimum atomic E-state index is -4.17. The lowest BCUT2D eigenvalue weighted by Gasteiger charge is -2.30. The van der Waals surface area contributed by atoms with Crippen LogP contribution in [0.1, 0.15) is 19.8 Å². The normalized spacial score (nSPS) is 24.2. The Morgan fingerprint density at radius 2 is 2.14 bits per heavy atom. The van der Waals surface area contributed by atoms with Crippen LogP contribution in [0.4, 0.5) is 13.2 Å². The van der Waals surface area contributed by atoms with Crippen LogP contribution in [0.2, 0.25) is 0 Å². The van der Waals surface area contributed by atoms with E-state index in [9.17, 15) is 13.2 Å². The highest BCUT2D eigenvalue weighted by Gasteiger charge is 2.37. The molecule has 5 heteroatoms. The molecule has 0 amide bonds. The maximum atomic E-state index is 12.4. The second-order valence-corrected chi connectivity index (χ2v) is 3.72. The Kier molecular flexibility index (Phi) is 4.19. The molecule has 1 atom stereocenters. The molecule has 1 fully saturated rings. The van der Waals surface area contributed by atoms with Crippen molar-refractivity contribution in [3.8, 4) is 0 Å². The van der Waals surface area contributed by atoms with Gasteiger partial charge in [-0.1, -0.05) is 6.92 Å². The van der Waals surface area contributed by atoms with Crippen molar-refractivity contribution in [1.29, 1.82) is 0 Å². The Balaban J connectivity index is 2.39. The molecule has 1 rings (SSSR count). The quantitative estimate of drug-likeness (QED) is 0.715. The van der Waals surface area contributed by atoms with E-state index in [0.717, 1.165) is 19.4 Å². The third-order valence-electron chi connectivity index (χ3n) is 2.62. The SMILES string of the molecule is CCN(CC1CCCNC1)C(F)(F)F. The highest BCUT2D eigenvalue weighted by Crippen LogP contribution is 2.23. The molecule has 0 saturated carbocycles. The molecule has 0 radical (unpaired) electrons. The van der Waals surface area contributed by atoms with Crippen molar-refractivity contribution < 1.29 is 13.2 Å². The van der Waals surface area contributed by atoms with Gasteiger partial charge in [-0.15, -0.1) is 0 Å². The van der Waals surface area contributed by atoms with Gasteiger partial charge in [-0.2, -0.15) is 13.2 Å². The first-order chi connectivity index (χ1) is 6.54. The first kappa shape index (κ1) is 11.8. The molecule has 0 aromatic carbocycles. The number of piperidine rings is 1. The van der Waals surface area contributed by atoms with Crippen molar-refractivity contribution in [1.82, 2.24) is 10.2 Å². The van der Waals surface area contributed by atoms with E-state index in [0.29, 0.717) is 11.4 Å². The Labute approximate surface area is 82.5 Å². The third kappa shape index (κ3) is 3.46. The summed E-state index contributed by atoms with van der Waals surface area (Å²) in [4.78, 5) is 0.588. The van der Waals surface area contributed by atoms with Crippen molar-refractivity contribution in [2.24, 2.45) is 5.92 Å². The molecule has 1 N–H and O–H groups in total. The molecular formula is C9H17F3N2. The van der Waals surface area contributed by atoms with Crippen LogP contribution in [0.25, 0.3) is 0 Å². The highest BCUT2D eigenvalue weighted by atomic mass is 19.4. The summed E-state index contributed by atoms with van der Waals surface area (Å²) < 4.78 is 37.1. The minimum Gasteiger partial charge on any atom is -0.316 e. The molecule has 1 heterocycles. The van der Waals surface area contributed by atoms with Crippen molar-refractivity contribution in [3.05, 3.63) is 0 Å². The van der Waals surface area contributed by atoms with Gasteiger partial charge in [0.25, 0.3) is 0 Å². The van der Waals surface area contributed by atoms with Crippen LogP contribution in [0.3, 0.4) is 0 Å². The fourth-order valence-electron chi connectivity index (χ4n) is 1.80. The van der Waals surface area contributed by atoms with Gasteiger partial charge in [0.15, 0.2) is 0 Å². The van der Waals surface area contributed by atoms with E-state index in [2.05, 4.69) is 5.32 Å². The molecule has 14 heavy (non-hydrogen) atoms. The van der Waals surface area contributed by atoms with Crippen LogP contribution in [0, 0.1) is 5.92 Å². The Morgan fingerprint density at radius 1 is 1.43 bits per heavy atom. The van der Waals surface area contributed by atoms with E-state index in [1.165, 1.54) is 0 Å². The highest BCUT2D eigenvalue weighted by molar-refractivity contribution is 4.73. The van der Waals surface area contributed by atoms with E-state index in [-0.39, 0.29) is 19.0 Å². The van der Waals surface area contributed by atoms with Crippen LogP contribution in [0.15, 0.2) is 0 Å². The van der Waals surface area contributed by atoms with Crippen LogP contribution in [-0.2, 0) is 0 Å². The topological polar surface area (TPSA) is 15.3 Å². The largest absolute Gasteiger partial charge is 0.459 e. The lowest BCUT2D eigenvalue weighted by molar-refractivity contribution is -0.247. The Hall–Kier alpha value is -0.290. The Bertz CT molecular complexity index is 164. The van der Waals surface area contributed by atoms with Gasteiger partial charge in [-0.3, -0.25) is 0 Å². The second-order valence-electron chi connectivity index (χ2n) is 3.72. The third-order valence-corrected chi connectivity index (χ3v) is 2.62. The van der Waals surface area contributed by atoms with Gasteiger partial charge in [0.1, 0.15) is 0 Å². The summed E-state index contributed by atoms with van der Waals surface area (Å²) in [5, 5.41) is 3.12. The first-order valence-corrected chi connectivity index (χ1v) is 5.06. The molecule has 2 nitrogen and oxygen atoms in total. The van der Waals surface area contributed by atoms with Crippen LogP contribution in [-0.4, -0.2) is 37.4 Å². The molecule has 1 aliphatic heterocycles. The fraction of sp³-hybridized carbons (Fsp3) is 1.00. The first-order valence-electron chi connectivity index (χ1n) is 5.06. The van der Waals surface area contributed by atoms with Crippen LogP contribution >= 0.6 is 0 Å². The van der Waals surface area contributed by atoms with Crippen molar-refractivity contribution in [2.75, 3.05) is 26.2 Å². The number of nitrogens with zero attached hydrogens (tertiary/aromatic N) is 1. The lowest BCUT2D eigenvalue weighted by atomic mass is 9.99. The molecule has 84 valence electrons. The molecule has 0 aromatic heterocycles. The van der Waals surface area contributed by atoms with E-state index < -0.39 is 6.30 Å². The predicted octanol–water partition coefficient (Wildman–Crippen LogP) is 1.83. The number of nitrogens with one attached hydrogen (secondary N) is 1. The van der Waals surface area contributed by atoms with E-state index >= 15 is 0 Å². The summed E-state index contributed by atoms with van der Waals surface area (Å²) in [5.41, 5.74) is 0. The van der Waals surface area contributed by atoms with Crippen LogP contribution < -0.4 is 5.32 Å². The molecule has 0 bridgehead atoms. The molecule has 1 saturated heterocycles. The maximum absolute atomic E-state index is 12.4. The molecule has 1 aliphatic rings. The van der Waals surface area contributed by atoms with Gasteiger partial charge >= 0.3 is 6.30 Å². The smallest absolute Gasteiger partial charge is 0.316 e. The minimum absolute atomic E-state index is 0.0417. The zero-order chi connectivity index (χ0) is 10.6. The summed E-state index contributed by atoms with van der Waals surface area (Å²) in [6.07, 6.45) is -2.29. The number of hydrogen-bond acceptors (Lipinski definition) is 2. The van der Waals surface area contributed by atoms with E-state index in [4.69, 9.17) is 0 Å². The Morgan fingerprint density at radius 3 is 2.57 bits per heavy atom. The van der Waals surface area contributed by atoms with Gasteiger partial charge in [0.2, 0.25) is 0 Å². The molecular weight excluding hydrogens is 193 g/mol. The molecule has 0 spiro atoms. The fourth-order valence-corrected chi connectivity index (χ4v) is 1.80. The number of alkyl halides is 3. The van der Waals surface area contributed by atoms with Gasteiger partial charge in [0.05, 0.1) is 0 Å². The van der Waals surface area contributed by atoms with Gasteiger partial charge in [0, 0.05) is 13.1 Å². The summed E-state index contributed by atoms with van der Waals surface area (Å²) in [5.74, 6) is 0.144. The van der Waals surface area contributed by atoms with Crippen molar-refractivity contribution in [2.45, 2.75) is 26.1 Å². The van der Waals surface area contributed by atoms with Gasteiger partial charge in [-0.25, -0.2) is 4.90 Å². The van der Waals surface area contributed by atoms with Gasteiger partial charge < -0.3 is 5.32 Å². The predicted molar refractivity (Wildman–Crippen MR) is 48.9 cm³/mol. The number of halogens is 3. The maximum Gasteiger partial charge on any atom is 0.459 e. The summed E-state index contributed by atoms with van der Waals surface area (Å²) in [6.45, 7) is 3.37. The van der Waals surface area contributed by atoms with Gasteiger partial charge in [-0.05, 0) is 31.8 Å². The van der Waals surface area contributed by atoms with Crippen molar-refractivity contribution in [3.63, 3.8) is 0 Å².